The second-order valence-electron chi connectivity index (χ2n) is 10.1. The van der Waals surface area contributed by atoms with Gasteiger partial charge in [0, 0.05) is 50.0 Å². The van der Waals surface area contributed by atoms with Crippen molar-refractivity contribution in [1.29, 1.82) is 0 Å². The van der Waals surface area contributed by atoms with Crippen LogP contribution in [-0.2, 0) is 22.6 Å². The van der Waals surface area contributed by atoms with Gasteiger partial charge >= 0.3 is 0 Å². The van der Waals surface area contributed by atoms with Crippen LogP contribution in [0.15, 0.2) is 16.9 Å². The van der Waals surface area contributed by atoms with Gasteiger partial charge in [-0.3, -0.25) is 14.5 Å². The number of amides is 1. The summed E-state index contributed by atoms with van der Waals surface area (Å²) >= 11 is 0. The molecule has 3 atom stereocenters. The van der Waals surface area contributed by atoms with Gasteiger partial charge in [-0.15, -0.1) is 0 Å². The zero-order chi connectivity index (χ0) is 20.9. The number of rotatable bonds is 3. The summed E-state index contributed by atoms with van der Waals surface area (Å²) < 4.78 is 7.64. The van der Waals surface area contributed by atoms with Gasteiger partial charge in [-0.05, 0) is 63.1 Å². The molecule has 3 saturated heterocycles. The minimum Gasteiger partial charge on any atom is -0.381 e. The van der Waals surface area contributed by atoms with Crippen LogP contribution in [-0.4, -0.2) is 65.7 Å². The average molecular weight is 415 g/mol. The summed E-state index contributed by atoms with van der Waals surface area (Å²) in [5.74, 6) is 0.593. The van der Waals surface area contributed by atoms with Crippen LogP contribution < -0.4 is 11.3 Å². The first-order valence-corrected chi connectivity index (χ1v) is 11.5. The zero-order valence-corrected chi connectivity index (χ0v) is 18.0. The lowest BCUT2D eigenvalue weighted by Crippen LogP contribution is -2.52. The maximum absolute atomic E-state index is 13.3. The quantitative estimate of drug-likeness (QED) is 0.802. The summed E-state index contributed by atoms with van der Waals surface area (Å²) in [4.78, 5) is 30.0. The van der Waals surface area contributed by atoms with Crippen LogP contribution in [0.2, 0.25) is 0 Å². The highest BCUT2D eigenvalue weighted by molar-refractivity contribution is 5.81. The van der Waals surface area contributed by atoms with E-state index in [0.717, 1.165) is 50.5 Å². The van der Waals surface area contributed by atoms with Gasteiger partial charge < -0.3 is 19.9 Å². The van der Waals surface area contributed by atoms with Crippen molar-refractivity contribution in [2.24, 2.45) is 17.1 Å². The number of nitrogens with two attached hydrogens (primary N) is 1. The van der Waals surface area contributed by atoms with Gasteiger partial charge in [-0.1, -0.05) is 6.07 Å². The Morgan fingerprint density at radius 2 is 2.03 bits per heavy atom. The molecule has 5 rings (SSSR count). The number of pyridine rings is 1. The Morgan fingerprint density at radius 1 is 1.23 bits per heavy atom. The first kappa shape index (κ1) is 20.2. The number of likely N-dealkylation sites (tertiary alicyclic amines) is 2. The molecule has 1 amide bonds. The average Bonchev–Trinajstić information content (AvgIpc) is 3.19. The lowest BCUT2D eigenvalue weighted by Gasteiger charge is -2.43. The van der Waals surface area contributed by atoms with Crippen LogP contribution in [0.4, 0.5) is 0 Å². The molecule has 0 saturated carbocycles. The molecule has 0 aliphatic carbocycles. The molecule has 0 aromatic carbocycles. The molecular formula is C23H34N4O3. The standard InChI is InChI=1S/C23H34N4O3/c1-16(24)21(28)26-11-17-10-19(14-26)20-3-2-18(22(29)27(20)12-17)13-25-7-4-23(5-8-25)6-9-30-15-23/h2-3,16-17,19H,4-15,24H2,1H3/t16-,17-,19+/m0/s1. The first-order chi connectivity index (χ1) is 14.4. The summed E-state index contributed by atoms with van der Waals surface area (Å²) in [5.41, 5.74) is 8.37. The molecule has 0 radical (unpaired) electrons. The lowest BCUT2D eigenvalue weighted by atomic mass is 9.78. The Morgan fingerprint density at radius 3 is 2.73 bits per heavy atom. The monoisotopic (exact) mass is 414 g/mol. The molecule has 5 heterocycles. The Hall–Kier alpha value is -1.70. The Balaban J connectivity index is 1.30. The van der Waals surface area contributed by atoms with Crippen molar-refractivity contribution in [3.63, 3.8) is 0 Å². The molecule has 164 valence electrons. The minimum absolute atomic E-state index is 0.0210. The number of carbonyl (C=O) groups excluding carboxylic acids is 1. The van der Waals surface area contributed by atoms with Gasteiger partial charge in [0.2, 0.25) is 5.91 Å². The van der Waals surface area contributed by atoms with Gasteiger partial charge in [0.1, 0.15) is 0 Å². The number of nitrogens with zero attached hydrogens (tertiary/aromatic N) is 3. The van der Waals surface area contributed by atoms with E-state index in [2.05, 4.69) is 11.0 Å². The number of aromatic nitrogens is 1. The van der Waals surface area contributed by atoms with Crippen LogP contribution in [0.25, 0.3) is 0 Å². The molecule has 1 aromatic heterocycles. The summed E-state index contributed by atoms with van der Waals surface area (Å²) in [5, 5.41) is 0. The number of fused-ring (bicyclic) bond motifs is 4. The molecule has 1 spiro atoms. The summed E-state index contributed by atoms with van der Waals surface area (Å²) in [7, 11) is 0. The van der Waals surface area contributed by atoms with E-state index in [9.17, 15) is 9.59 Å². The van der Waals surface area contributed by atoms with E-state index in [4.69, 9.17) is 10.5 Å². The molecule has 2 bridgehead atoms. The van der Waals surface area contributed by atoms with E-state index in [0.29, 0.717) is 31.0 Å². The van der Waals surface area contributed by atoms with Crippen LogP contribution in [0.3, 0.4) is 0 Å². The molecule has 0 unspecified atom stereocenters. The fraction of sp³-hybridized carbons (Fsp3) is 0.739. The minimum atomic E-state index is -0.465. The van der Waals surface area contributed by atoms with Crippen LogP contribution in [0.5, 0.6) is 0 Å². The van der Waals surface area contributed by atoms with Crippen molar-refractivity contribution in [3.05, 3.63) is 33.7 Å². The molecule has 4 aliphatic heterocycles. The normalized spacial score (nSPS) is 29.1. The second kappa shape index (κ2) is 7.77. The predicted molar refractivity (Wildman–Crippen MR) is 114 cm³/mol. The summed E-state index contributed by atoms with van der Waals surface area (Å²) in [6, 6.07) is 3.70. The molecule has 3 fully saturated rings. The maximum Gasteiger partial charge on any atom is 0.255 e. The highest BCUT2D eigenvalue weighted by Crippen LogP contribution is 2.39. The van der Waals surface area contributed by atoms with Crippen molar-refractivity contribution in [2.75, 3.05) is 39.4 Å². The van der Waals surface area contributed by atoms with E-state index >= 15 is 0 Å². The SMILES string of the molecule is C[C@H](N)C(=O)N1C[C@@H]2C[C@H](C1)c1ccc(CN3CCC4(CCOC4)CC3)c(=O)n1C2. The number of ether oxygens (including phenoxy) is 1. The molecule has 30 heavy (non-hydrogen) atoms. The Kier molecular flexibility index (Phi) is 5.24. The molecule has 4 aliphatic rings. The van der Waals surface area contributed by atoms with Crippen molar-refractivity contribution in [3.8, 4) is 0 Å². The fourth-order valence-corrected chi connectivity index (χ4v) is 6.05. The molecule has 2 N–H and O–H groups in total. The summed E-state index contributed by atoms with van der Waals surface area (Å²) in [6.45, 7) is 8.49. The second-order valence-corrected chi connectivity index (χ2v) is 10.1. The molecule has 1 aromatic rings. The maximum atomic E-state index is 13.3. The Bertz CT molecular complexity index is 864. The van der Waals surface area contributed by atoms with Crippen molar-refractivity contribution < 1.29 is 9.53 Å². The highest BCUT2D eigenvalue weighted by atomic mass is 16.5. The third-order valence-corrected chi connectivity index (χ3v) is 7.88. The largest absolute Gasteiger partial charge is 0.381 e. The van der Waals surface area contributed by atoms with Crippen LogP contribution >= 0.6 is 0 Å². The molecule has 7 nitrogen and oxygen atoms in total. The highest BCUT2D eigenvalue weighted by Gasteiger charge is 2.39. The summed E-state index contributed by atoms with van der Waals surface area (Å²) in [6.07, 6.45) is 4.59. The third kappa shape index (κ3) is 3.61. The first-order valence-electron chi connectivity index (χ1n) is 11.5. The smallest absolute Gasteiger partial charge is 0.255 e. The van der Waals surface area contributed by atoms with Crippen molar-refractivity contribution in [1.82, 2.24) is 14.4 Å². The van der Waals surface area contributed by atoms with Gasteiger partial charge in [0.15, 0.2) is 0 Å². The predicted octanol–water partition coefficient (Wildman–Crippen LogP) is 1.14. The molecule has 7 heteroatoms. The van der Waals surface area contributed by atoms with Gasteiger partial charge in [-0.2, -0.15) is 0 Å². The topological polar surface area (TPSA) is 80.8 Å². The van der Waals surface area contributed by atoms with Gasteiger partial charge in [0.25, 0.3) is 5.56 Å². The number of piperidine rings is 2. The van der Waals surface area contributed by atoms with E-state index in [1.54, 1.807) is 6.92 Å². The molecular weight excluding hydrogens is 380 g/mol. The van der Waals surface area contributed by atoms with Gasteiger partial charge in [-0.25, -0.2) is 0 Å². The van der Waals surface area contributed by atoms with Crippen LogP contribution in [0, 0.1) is 11.3 Å². The fourth-order valence-electron chi connectivity index (χ4n) is 6.05. The number of hydrogen-bond acceptors (Lipinski definition) is 5. The van der Waals surface area contributed by atoms with E-state index in [1.807, 2.05) is 15.5 Å². The van der Waals surface area contributed by atoms with Crippen LogP contribution in [0.1, 0.15) is 49.8 Å². The Labute approximate surface area is 178 Å². The number of carbonyl (C=O) groups is 1. The van der Waals surface area contributed by atoms with E-state index in [1.165, 1.54) is 19.3 Å². The van der Waals surface area contributed by atoms with Crippen molar-refractivity contribution in [2.45, 2.75) is 57.7 Å². The van der Waals surface area contributed by atoms with Gasteiger partial charge in [0.05, 0.1) is 12.6 Å². The van der Waals surface area contributed by atoms with E-state index < -0.39 is 6.04 Å². The third-order valence-electron chi connectivity index (χ3n) is 7.88. The number of hydrogen-bond donors (Lipinski definition) is 1. The van der Waals surface area contributed by atoms with Crippen molar-refractivity contribution >= 4 is 5.91 Å². The lowest BCUT2D eigenvalue weighted by molar-refractivity contribution is -0.134. The van der Waals surface area contributed by atoms with E-state index in [-0.39, 0.29) is 17.4 Å². The zero-order valence-electron chi connectivity index (χ0n) is 18.0.